The zero-order valence-electron chi connectivity index (χ0n) is 27.0. The molecular formula is C39H36IrN2SSi-2. The average molecular weight is 786 g/mol. The van der Waals surface area contributed by atoms with Crippen molar-refractivity contribution in [1.29, 1.82) is 0 Å². The van der Waals surface area contributed by atoms with Crippen molar-refractivity contribution in [1.82, 2.24) is 9.97 Å². The Bertz CT molecular complexity index is 2090. The van der Waals surface area contributed by atoms with Crippen LogP contribution in [0.15, 0.2) is 103 Å². The molecule has 44 heavy (non-hydrogen) atoms. The van der Waals surface area contributed by atoms with Crippen LogP contribution in [-0.2, 0) is 20.1 Å². The van der Waals surface area contributed by atoms with Gasteiger partial charge in [0.1, 0.15) is 0 Å². The van der Waals surface area contributed by atoms with E-state index in [-0.39, 0.29) is 20.1 Å². The monoisotopic (exact) mass is 786 g/mol. The molecule has 0 unspecified atom stereocenters. The predicted octanol–water partition coefficient (Wildman–Crippen LogP) is 10.6. The maximum atomic E-state index is 8.41. The second-order valence-corrected chi connectivity index (χ2v) is 18.4. The molecule has 223 valence electrons. The molecule has 0 fully saturated rings. The van der Waals surface area contributed by atoms with Gasteiger partial charge in [-0.1, -0.05) is 104 Å². The van der Waals surface area contributed by atoms with Crippen molar-refractivity contribution in [3.63, 3.8) is 0 Å². The van der Waals surface area contributed by atoms with Gasteiger partial charge in [0, 0.05) is 44.3 Å². The van der Waals surface area contributed by atoms with Gasteiger partial charge in [0.2, 0.25) is 0 Å². The summed E-state index contributed by atoms with van der Waals surface area (Å²) < 4.78 is 10.9. The van der Waals surface area contributed by atoms with Gasteiger partial charge in [0.25, 0.3) is 0 Å². The van der Waals surface area contributed by atoms with Crippen LogP contribution in [0.5, 0.6) is 0 Å². The molecular weight excluding hydrogens is 749 g/mol. The number of rotatable bonds is 4. The molecule has 3 heterocycles. The fourth-order valence-corrected chi connectivity index (χ4v) is 7.53. The number of nitrogens with zero attached hydrogens (tertiary/aromatic N) is 2. The van der Waals surface area contributed by atoms with E-state index in [1.165, 1.54) is 36.3 Å². The summed E-state index contributed by atoms with van der Waals surface area (Å²) in [6, 6.07) is 38.2. The maximum absolute atomic E-state index is 8.41. The molecule has 3 aromatic heterocycles. The molecule has 0 N–H and O–H groups in total. The van der Waals surface area contributed by atoms with Crippen LogP contribution in [0.4, 0.5) is 0 Å². The SMILES string of the molecule is C[Si](C)(C)c1ccc(-c2[c-]cccc2)nc1.[2H]C(C)(C)c1ccnc(-c2[c-]c3cc(C)ccc3c3c2sc2ccccc23)c1.[Ir]. The molecule has 0 aliphatic heterocycles. The Morgan fingerprint density at radius 3 is 2.34 bits per heavy atom. The van der Waals surface area contributed by atoms with Crippen LogP contribution in [0, 0.1) is 19.1 Å². The molecule has 0 amide bonds. The van der Waals surface area contributed by atoms with E-state index >= 15 is 0 Å². The molecule has 2 nitrogen and oxygen atoms in total. The Labute approximate surface area is 281 Å². The molecule has 0 saturated carbocycles. The molecule has 0 aliphatic rings. The van der Waals surface area contributed by atoms with Gasteiger partial charge in [-0.3, -0.25) is 4.98 Å². The van der Waals surface area contributed by atoms with Gasteiger partial charge < -0.3 is 4.98 Å². The van der Waals surface area contributed by atoms with E-state index in [4.69, 9.17) is 1.37 Å². The summed E-state index contributed by atoms with van der Waals surface area (Å²) >= 11 is 1.80. The van der Waals surface area contributed by atoms with Crippen molar-refractivity contribution < 1.29 is 21.5 Å². The first kappa shape index (κ1) is 30.5. The van der Waals surface area contributed by atoms with Gasteiger partial charge in [-0.05, 0) is 51.5 Å². The second kappa shape index (κ2) is 13.3. The van der Waals surface area contributed by atoms with Crippen LogP contribution in [0.3, 0.4) is 0 Å². The fraction of sp³-hybridized carbons (Fsp3) is 0.179. The van der Waals surface area contributed by atoms with Crippen LogP contribution in [-0.4, -0.2) is 18.0 Å². The fourth-order valence-electron chi connectivity index (χ4n) is 5.27. The van der Waals surface area contributed by atoms with Gasteiger partial charge >= 0.3 is 0 Å². The minimum absolute atomic E-state index is 0. The second-order valence-electron chi connectivity index (χ2n) is 12.2. The summed E-state index contributed by atoms with van der Waals surface area (Å²) in [4.78, 5) is 9.18. The molecule has 0 saturated heterocycles. The Balaban J connectivity index is 0.000000202. The number of fused-ring (bicyclic) bond motifs is 5. The molecule has 0 bridgehead atoms. The smallest absolute Gasteiger partial charge is 0.0795 e. The summed E-state index contributed by atoms with van der Waals surface area (Å²) in [5.74, 6) is -0.662. The molecule has 0 atom stereocenters. The minimum atomic E-state index is -1.23. The number of hydrogen-bond acceptors (Lipinski definition) is 3. The third-order valence-corrected chi connectivity index (χ3v) is 11.0. The van der Waals surface area contributed by atoms with Crippen molar-refractivity contribution in [2.75, 3.05) is 0 Å². The number of thiophene rings is 1. The van der Waals surface area contributed by atoms with Crippen LogP contribution in [0.1, 0.15) is 32.2 Å². The van der Waals surface area contributed by atoms with Crippen LogP contribution >= 0.6 is 11.3 Å². The van der Waals surface area contributed by atoms with Gasteiger partial charge in [-0.15, -0.1) is 53.4 Å². The van der Waals surface area contributed by atoms with Crippen LogP contribution < -0.4 is 5.19 Å². The summed E-state index contributed by atoms with van der Waals surface area (Å²) in [6.45, 7) is 12.9. The topological polar surface area (TPSA) is 25.8 Å². The van der Waals surface area contributed by atoms with Crippen molar-refractivity contribution in [3.8, 4) is 22.5 Å². The summed E-state index contributed by atoms with van der Waals surface area (Å²) in [5.41, 5.74) is 6.16. The van der Waals surface area contributed by atoms with E-state index in [0.717, 1.165) is 33.5 Å². The minimum Gasteiger partial charge on any atom is -0.305 e. The first-order valence-electron chi connectivity index (χ1n) is 15.2. The molecule has 4 aromatic carbocycles. The number of benzene rings is 4. The normalized spacial score (nSPS) is 12.0. The van der Waals surface area contributed by atoms with E-state index in [9.17, 15) is 0 Å². The molecule has 7 aromatic rings. The quantitative estimate of drug-likeness (QED) is 0.131. The summed E-state index contributed by atoms with van der Waals surface area (Å²) in [5, 5.41) is 6.31. The van der Waals surface area contributed by atoms with E-state index in [2.05, 4.69) is 103 Å². The Kier molecular flexibility index (Phi) is 9.20. The van der Waals surface area contributed by atoms with Crippen LogP contribution in [0.2, 0.25) is 19.6 Å². The Morgan fingerprint density at radius 1 is 0.841 bits per heavy atom. The standard InChI is InChI=1S/C25H20NS.C14H16NSi.Ir/c1-15(2)17-10-11-26-22(14-17)21-13-18-12-16(3)8-9-19(18)24-20-6-4-5-7-23(20)27-25(21)24;1-16(2,3)13-9-10-14(15-11-13)12-7-5-4-6-8-12;/h4-12,14-15H,1-3H3;4-7,9-11H,1-3H3;/q2*-1;/i15D;;. The zero-order valence-corrected chi connectivity index (χ0v) is 30.2. The largest absolute Gasteiger partial charge is 0.305 e. The van der Waals surface area contributed by atoms with Gasteiger partial charge in [0.15, 0.2) is 0 Å². The number of hydrogen-bond donors (Lipinski definition) is 0. The molecule has 1 radical (unpaired) electrons. The number of aryl methyl sites for hydroxylation is 1. The van der Waals surface area contributed by atoms with Crippen molar-refractivity contribution in [3.05, 3.63) is 127 Å². The molecule has 0 spiro atoms. The van der Waals surface area contributed by atoms with Gasteiger partial charge in [-0.2, -0.15) is 11.3 Å². The van der Waals surface area contributed by atoms with E-state index in [1.807, 2.05) is 62.6 Å². The van der Waals surface area contributed by atoms with Gasteiger partial charge in [0.05, 0.1) is 8.07 Å². The Morgan fingerprint density at radius 2 is 1.64 bits per heavy atom. The molecule has 5 heteroatoms. The van der Waals surface area contributed by atoms with Gasteiger partial charge in [-0.25, -0.2) is 0 Å². The Hall–Kier alpha value is -3.47. The van der Waals surface area contributed by atoms with Crippen molar-refractivity contribution >= 4 is 55.5 Å². The third-order valence-electron chi connectivity index (χ3n) is 7.73. The molecule has 0 aliphatic carbocycles. The number of pyridine rings is 2. The molecule has 7 rings (SSSR count). The average Bonchev–Trinajstić information content (AvgIpc) is 3.40. The summed E-state index contributed by atoms with van der Waals surface area (Å²) in [6.07, 6.45) is 3.83. The van der Waals surface area contributed by atoms with E-state index in [0.29, 0.717) is 0 Å². The predicted molar refractivity (Wildman–Crippen MR) is 189 cm³/mol. The van der Waals surface area contributed by atoms with Crippen molar-refractivity contribution in [2.24, 2.45) is 0 Å². The van der Waals surface area contributed by atoms with Crippen molar-refractivity contribution in [2.45, 2.75) is 46.3 Å². The third kappa shape index (κ3) is 6.62. The van der Waals surface area contributed by atoms with Crippen LogP contribution in [0.25, 0.3) is 53.5 Å². The van der Waals surface area contributed by atoms with E-state index in [1.54, 1.807) is 11.3 Å². The zero-order chi connectivity index (χ0) is 31.1. The maximum Gasteiger partial charge on any atom is 0.0795 e. The first-order valence-corrected chi connectivity index (χ1v) is 19.0. The summed E-state index contributed by atoms with van der Waals surface area (Å²) in [7, 11) is -1.23. The number of aromatic nitrogens is 2. The van der Waals surface area contributed by atoms with E-state index < -0.39 is 14.0 Å². The first-order chi connectivity index (χ1) is 21.0.